The number of pyridine rings is 1. The van der Waals surface area contributed by atoms with E-state index in [1.165, 1.54) is 0 Å². The lowest BCUT2D eigenvalue weighted by atomic mass is 9.82. The van der Waals surface area contributed by atoms with E-state index >= 15 is 0 Å². The number of aryl methyl sites for hydroxylation is 1. The number of allylic oxidation sites excluding steroid dienone is 2. The van der Waals surface area contributed by atoms with Crippen LogP contribution in [0.2, 0.25) is 0 Å². The summed E-state index contributed by atoms with van der Waals surface area (Å²) in [6.45, 7) is 5.83. The van der Waals surface area contributed by atoms with Gasteiger partial charge in [0.2, 0.25) is 5.88 Å². The molecule has 0 fully saturated rings. The lowest BCUT2D eigenvalue weighted by Gasteiger charge is -2.27. The summed E-state index contributed by atoms with van der Waals surface area (Å²) >= 11 is 0. The largest absolute Gasteiger partial charge is 0.463 e. The second-order valence-electron chi connectivity index (χ2n) is 7.06. The fraction of sp³-hybridized carbons (Fsp3) is 0.348. The molecule has 3 rings (SSSR count). The van der Waals surface area contributed by atoms with Crippen LogP contribution in [-0.2, 0) is 20.7 Å². The van der Waals surface area contributed by atoms with Gasteiger partial charge in [0, 0.05) is 17.5 Å². The number of fused-ring (bicyclic) bond motifs is 1. The van der Waals surface area contributed by atoms with Crippen LogP contribution < -0.4 is 11.3 Å². The van der Waals surface area contributed by atoms with Crippen LogP contribution in [0, 0.1) is 11.3 Å². The van der Waals surface area contributed by atoms with E-state index in [0.717, 1.165) is 17.4 Å². The number of nitriles is 1. The number of aromatic nitrogens is 1. The molecule has 7 nitrogen and oxygen atoms in total. The predicted molar refractivity (Wildman–Crippen MR) is 113 cm³/mol. The molecule has 156 valence electrons. The zero-order chi connectivity index (χ0) is 21.8. The molecule has 0 saturated carbocycles. The van der Waals surface area contributed by atoms with Crippen molar-refractivity contribution in [1.29, 1.82) is 5.26 Å². The maximum absolute atomic E-state index is 13.0. The first-order valence-electron chi connectivity index (χ1n) is 10.1. The van der Waals surface area contributed by atoms with Gasteiger partial charge in [-0.2, -0.15) is 5.26 Å². The number of H-pyrrole nitrogens is 1. The van der Waals surface area contributed by atoms with Gasteiger partial charge in [-0.1, -0.05) is 19.9 Å². The van der Waals surface area contributed by atoms with Gasteiger partial charge in [0.15, 0.2) is 0 Å². The van der Waals surface area contributed by atoms with Crippen molar-refractivity contribution in [1.82, 2.24) is 4.98 Å². The van der Waals surface area contributed by atoms with Crippen LogP contribution in [0.1, 0.15) is 50.7 Å². The molecule has 2 aromatic rings. The molecule has 2 heterocycles. The van der Waals surface area contributed by atoms with Gasteiger partial charge in [-0.15, -0.1) is 0 Å². The fourth-order valence-corrected chi connectivity index (χ4v) is 3.68. The molecule has 0 bridgehead atoms. The molecule has 0 unspecified atom stereocenters. The SMILES string of the molecule is CCCC1=C(C(=O)OCC)[C@@H](c2cc3cc(CC)ccc3[nH]c2=O)C(C#N)=C(N)O1. The molecule has 0 radical (unpaired) electrons. The minimum atomic E-state index is -0.956. The van der Waals surface area contributed by atoms with Crippen LogP contribution in [0.4, 0.5) is 0 Å². The molecule has 1 atom stereocenters. The van der Waals surface area contributed by atoms with E-state index in [-0.39, 0.29) is 29.2 Å². The first kappa shape index (κ1) is 21.2. The Morgan fingerprint density at radius 3 is 2.70 bits per heavy atom. The average molecular weight is 407 g/mol. The first-order chi connectivity index (χ1) is 14.4. The number of carbonyl (C=O) groups is 1. The number of nitrogens with two attached hydrogens (primary N) is 1. The molecule has 1 aliphatic rings. The zero-order valence-corrected chi connectivity index (χ0v) is 17.4. The van der Waals surface area contributed by atoms with Crippen molar-refractivity contribution in [3.8, 4) is 6.07 Å². The van der Waals surface area contributed by atoms with Crippen molar-refractivity contribution in [2.24, 2.45) is 5.73 Å². The highest BCUT2D eigenvalue weighted by atomic mass is 16.5. The van der Waals surface area contributed by atoms with E-state index in [2.05, 4.69) is 4.98 Å². The van der Waals surface area contributed by atoms with Gasteiger partial charge in [-0.05, 0) is 48.9 Å². The Kier molecular flexibility index (Phi) is 6.26. The molecule has 7 heteroatoms. The molecule has 1 aromatic heterocycles. The Morgan fingerprint density at radius 2 is 2.07 bits per heavy atom. The Bertz CT molecular complexity index is 1150. The smallest absolute Gasteiger partial charge is 0.338 e. The maximum atomic E-state index is 13.0. The van der Waals surface area contributed by atoms with Crippen LogP contribution in [0.15, 0.2) is 51.8 Å². The second-order valence-corrected chi connectivity index (χ2v) is 7.06. The van der Waals surface area contributed by atoms with Crippen LogP contribution in [0.3, 0.4) is 0 Å². The molecule has 1 aromatic carbocycles. The number of aromatic amines is 1. The van der Waals surface area contributed by atoms with Gasteiger partial charge in [-0.25, -0.2) is 4.79 Å². The van der Waals surface area contributed by atoms with Crippen molar-refractivity contribution >= 4 is 16.9 Å². The Balaban J connectivity index is 2.30. The first-order valence-corrected chi connectivity index (χ1v) is 10.1. The highest BCUT2D eigenvalue weighted by Crippen LogP contribution is 2.40. The quantitative estimate of drug-likeness (QED) is 0.708. The van der Waals surface area contributed by atoms with Gasteiger partial charge >= 0.3 is 5.97 Å². The fourth-order valence-electron chi connectivity index (χ4n) is 3.68. The number of hydrogen-bond acceptors (Lipinski definition) is 6. The van der Waals surface area contributed by atoms with Gasteiger partial charge in [0.25, 0.3) is 5.56 Å². The summed E-state index contributed by atoms with van der Waals surface area (Å²) in [6, 6.07) is 9.53. The van der Waals surface area contributed by atoms with Crippen molar-refractivity contribution in [3.05, 3.63) is 68.5 Å². The third-order valence-corrected chi connectivity index (χ3v) is 5.13. The lowest BCUT2D eigenvalue weighted by Crippen LogP contribution is -2.29. The predicted octanol–water partition coefficient (Wildman–Crippen LogP) is 3.52. The van der Waals surface area contributed by atoms with Crippen LogP contribution >= 0.6 is 0 Å². The topological polar surface area (TPSA) is 118 Å². The summed E-state index contributed by atoms with van der Waals surface area (Å²) in [7, 11) is 0. The third kappa shape index (κ3) is 3.81. The van der Waals surface area contributed by atoms with E-state index in [4.69, 9.17) is 15.2 Å². The van der Waals surface area contributed by atoms with Gasteiger partial charge in [-0.3, -0.25) is 4.79 Å². The monoisotopic (exact) mass is 407 g/mol. The summed E-state index contributed by atoms with van der Waals surface area (Å²) in [5.41, 5.74) is 7.85. The molecule has 1 aliphatic heterocycles. The van der Waals surface area contributed by atoms with Crippen molar-refractivity contribution < 1.29 is 14.3 Å². The summed E-state index contributed by atoms with van der Waals surface area (Å²) in [6.07, 6.45) is 1.95. The molecule has 3 N–H and O–H groups in total. The molecule has 0 aliphatic carbocycles. The van der Waals surface area contributed by atoms with E-state index in [1.54, 1.807) is 13.0 Å². The Hall–Kier alpha value is -3.53. The van der Waals surface area contributed by atoms with Crippen LogP contribution in [0.25, 0.3) is 10.9 Å². The highest BCUT2D eigenvalue weighted by molar-refractivity contribution is 5.93. The average Bonchev–Trinajstić information content (AvgIpc) is 2.73. The van der Waals surface area contributed by atoms with E-state index < -0.39 is 17.4 Å². The minimum absolute atomic E-state index is 0.0226. The number of ether oxygens (including phenoxy) is 2. The van der Waals surface area contributed by atoms with Gasteiger partial charge < -0.3 is 20.2 Å². The third-order valence-electron chi connectivity index (χ3n) is 5.13. The Labute approximate surface area is 174 Å². The van der Waals surface area contributed by atoms with Crippen molar-refractivity contribution in [3.63, 3.8) is 0 Å². The van der Waals surface area contributed by atoms with Crippen LogP contribution in [0.5, 0.6) is 0 Å². The summed E-state index contributed by atoms with van der Waals surface area (Å²) in [5.74, 6) is -1.34. The van der Waals surface area contributed by atoms with Gasteiger partial charge in [0.05, 0.1) is 18.1 Å². The number of hydrogen-bond donors (Lipinski definition) is 2. The highest BCUT2D eigenvalue weighted by Gasteiger charge is 2.38. The normalized spacial score (nSPS) is 16.4. The van der Waals surface area contributed by atoms with E-state index in [0.29, 0.717) is 24.1 Å². The molecule has 0 amide bonds. The summed E-state index contributed by atoms with van der Waals surface area (Å²) in [5, 5.41) is 10.6. The molecule has 0 saturated heterocycles. The molecular formula is C23H25N3O4. The summed E-state index contributed by atoms with van der Waals surface area (Å²) in [4.78, 5) is 28.7. The number of nitrogens with one attached hydrogen (secondary N) is 1. The standard InChI is InChI=1S/C23H25N3O4/c1-4-7-18-20(23(28)29-6-3)19(16(12-24)21(25)30-18)15-11-14-10-13(5-2)8-9-17(14)26-22(15)27/h8-11,19H,4-7,25H2,1-3H3,(H,26,27)/t19-/m0/s1. The number of carbonyl (C=O) groups excluding carboxylic acids is 1. The Morgan fingerprint density at radius 1 is 1.30 bits per heavy atom. The van der Waals surface area contributed by atoms with Crippen LogP contribution in [-0.4, -0.2) is 17.6 Å². The van der Waals surface area contributed by atoms with E-state index in [9.17, 15) is 14.9 Å². The molecule has 30 heavy (non-hydrogen) atoms. The molecule has 0 spiro atoms. The number of benzene rings is 1. The van der Waals surface area contributed by atoms with Gasteiger partial charge in [0.1, 0.15) is 17.4 Å². The number of esters is 1. The lowest BCUT2D eigenvalue weighted by molar-refractivity contribution is -0.139. The minimum Gasteiger partial charge on any atom is -0.463 e. The van der Waals surface area contributed by atoms with E-state index in [1.807, 2.05) is 38.1 Å². The zero-order valence-electron chi connectivity index (χ0n) is 17.4. The molecular weight excluding hydrogens is 382 g/mol. The maximum Gasteiger partial charge on any atom is 0.338 e. The van der Waals surface area contributed by atoms with Crippen molar-refractivity contribution in [2.45, 2.75) is 46.0 Å². The summed E-state index contributed by atoms with van der Waals surface area (Å²) < 4.78 is 10.9. The number of rotatable bonds is 6. The number of nitrogens with zero attached hydrogens (tertiary/aromatic N) is 1. The van der Waals surface area contributed by atoms with Crippen molar-refractivity contribution in [2.75, 3.05) is 6.61 Å². The second kappa shape index (κ2) is 8.87.